The van der Waals surface area contributed by atoms with Crippen molar-refractivity contribution in [1.29, 1.82) is 0 Å². The lowest BCUT2D eigenvalue weighted by Gasteiger charge is -2.23. The minimum absolute atomic E-state index is 0.117. The van der Waals surface area contributed by atoms with Gasteiger partial charge in [0.1, 0.15) is 5.82 Å². The van der Waals surface area contributed by atoms with Crippen LogP contribution in [0.3, 0.4) is 0 Å². The fourth-order valence-corrected chi connectivity index (χ4v) is 2.23. The summed E-state index contributed by atoms with van der Waals surface area (Å²) >= 11 is 0. The fraction of sp³-hybridized carbons (Fsp3) is 0.538. The Kier molecular flexibility index (Phi) is 3.65. The quantitative estimate of drug-likeness (QED) is 0.826. The molecule has 1 fully saturated rings. The van der Waals surface area contributed by atoms with Crippen LogP contribution >= 0.6 is 0 Å². The molecule has 2 nitrogen and oxygen atoms in total. The highest BCUT2D eigenvalue weighted by atomic mass is 19.1. The first-order chi connectivity index (χ1) is 7.81. The van der Waals surface area contributed by atoms with Gasteiger partial charge in [-0.25, -0.2) is 4.39 Å². The first-order valence-electron chi connectivity index (χ1n) is 6.03. The SMILES string of the molecule is CNc1ccc(N2CCCCCC2)c(F)c1. The van der Waals surface area contributed by atoms with Gasteiger partial charge >= 0.3 is 0 Å². The molecule has 0 spiro atoms. The summed E-state index contributed by atoms with van der Waals surface area (Å²) in [5, 5.41) is 2.95. The van der Waals surface area contributed by atoms with E-state index in [1.165, 1.54) is 25.7 Å². The van der Waals surface area contributed by atoms with Crippen molar-refractivity contribution in [3.05, 3.63) is 24.0 Å². The Bertz CT molecular complexity index is 344. The molecule has 0 unspecified atom stereocenters. The van der Waals surface area contributed by atoms with Crippen LogP contribution in [-0.4, -0.2) is 20.1 Å². The van der Waals surface area contributed by atoms with Crippen LogP contribution in [0.5, 0.6) is 0 Å². The third kappa shape index (κ3) is 2.46. The molecule has 1 N–H and O–H groups in total. The third-order valence-electron chi connectivity index (χ3n) is 3.18. The van der Waals surface area contributed by atoms with E-state index >= 15 is 0 Å². The Morgan fingerprint density at radius 2 is 1.81 bits per heavy atom. The summed E-state index contributed by atoms with van der Waals surface area (Å²) in [5.74, 6) is -0.117. The van der Waals surface area contributed by atoms with Gasteiger partial charge in [0.25, 0.3) is 0 Å². The van der Waals surface area contributed by atoms with E-state index in [0.29, 0.717) is 0 Å². The maximum Gasteiger partial charge on any atom is 0.148 e. The van der Waals surface area contributed by atoms with Gasteiger partial charge in [0.15, 0.2) is 0 Å². The smallest absolute Gasteiger partial charge is 0.148 e. The van der Waals surface area contributed by atoms with E-state index < -0.39 is 0 Å². The average Bonchev–Trinajstić information content (AvgIpc) is 2.57. The zero-order valence-electron chi connectivity index (χ0n) is 9.80. The summed E-state index contributed by atoms with van der Waals surface area (Å²) in [5.41, 5.74) is 1.58. The molecule has 0 aromatic heterocycles. The fourth-order valence-electron chi connectivity index (χ4n) is 2.23. The van der Waals surface area contributed by atoms with Crippen LogP contribution in [0.15, 0.2) is 18.2 Å². The number of anilines is 2. The topological polar surface area (TPSA) is 15.3 Å². The van der Waals surface area contributed by atoms with Crippen LogP contribution in [0.1, 0.15) is 25.7 Å². The number of nitrogens with one attached hydrogen (secondary N) is 1. The van der Waals surface area contributed by atoms with Gasteiger partial charge in [0.05, 0.1) is 5.69 Å². The predicted molar refractivity (Wildman–Crippen MR) is 66.6 cm³/mol. The summed E-state index contributed by atoms with van der Waals surface area (Å²) in [6, 6.07) is 5.38. The number of hydrogen-bond donors (Lipinski definition) is 1. The highest BCUT2D eigenvalue weighted by Gasteiger charge is 2.13. The number of halogens is 1. The second-order valence-corrected chi connectivity index (χ2v) is 4.32. The van der Waals surface area contributed by atoms with Crippen LogP contribution in [0, 0.1) is 5.82 Å². The van der Waals surface area contributed by atoms with Crippen molar-refractivity contribution in [1.82, 2.24) is 0 Å². The Labute approximate surface area is 96.5 Å². The predicted octanol–water partition coefficient (Wildman–Crippen LogP) is 3.25. The summed E-state index contributed by atoms with van der Waals surface area (Å²) in [6.45, 7) is 1.96. The van der Waals surface area contributed by atoms with Crippen molar-refractivity contribution in [3.8, 4) is 0 Å². The lowest BCUT2D eigenvalue weighted by Crippen LogP contribution is -2.24. The Morgan fingerprint density at radius 1 is 1.12 bits per heavy atom. The molecule has 16 heavy (non-hydrogen) atoms. The largest absolute Gasteiger partial charge is 0.388 e. The van der Waals surface area contributed by atoms with Gasteiger partial charge in [-0.3, -0.25) is 0 Å². The molecule has 0 aliphatic carbocycles. The minimum atomic E-state index is -0.117. The van der Waals surface area contributed by atoms with E-state index in [1.807, 2.05) is 12.1 Å². The van der Waals surface area contributed by atoms with Crippen LogP contribution in [0.25, 0.3) is 0 Å². The van der Waals surface area contributed by atoms with E-state index in [9.17, 15) is 4.39 Å². The first-order valence-corrected chi connectivity index (χ1v) is 6.03. The van der Waals surface area contributed by atoms with Gasteiger partial charge in [0, 0.05) is 25.8 Å². The van der Waals surface area contributed by atoms with Crippen molar-refractivity contribution in [3.63, 3.8) is 0 Å². The lowest BCUT2D eigenvalue weighted by molar-refractivity contribution is 0.617. The van der Waals surface area contributed by atoms with Crippen molar-refractivity contribution >= 4 is 11.4 Å². The van der Waals surface area contributed by atoms with Gasteiger partial charge in [-0.1, -0.05) is 12.8 Å². The van der Waals surface area contributed by atoms with Gasteiger partial charge in [-0.2, -0.15) is 0 Å². The zero-order chi connectivity index (χ0) is 11.4. The highest BCUT2D eigenvalue weighted by Crippen LogP contribution is 2.25. The summed E-state index contributed by atoms with van der Waals surface area (Å²) < 4.78 is 13.9. The molecule has 1 aromatic rings. The standard InChI is InChI=1S/C13H19FN2/c1-15-11-6-7-13(12(14)10-11)16-8-4-2-3-5-9-16/h6-7,10,15H,2-5,8-9H2,1H3. The monoisotopic (exact) mass is 222 g/mol. The molecule has 1 aromatic carbocycles. The van der Waals surface area contributed by atoms with Crippen molar-refractivity contribution < 1.29 is 4.39 Å². The van der Waals surface area contributed by atoms with Crippen LogP contribution < -0.4 is 10.2 Å². The molecule has 0 bridgehead atoms. The first kappa shape index (κ1) is 11.2. The number of rotatable bonds is 2. The molecule has 1 saturated heterocycles. The molecule has 1 heterocycles. The molecule has 0 atom stereocenters. The van der Waals surface area contributed by atoms with Gasteiger partial charge in [-0.15, -0.1) is 0 Å². The molecular weight excluding hydrogens is 203 g/mol. The maximum atomic E-state index is 13.9. The summed E-state index contributed by atoms with van der Waals surface area (Å²) in [6.07, 6.45) is 4.89. The molecule has 0 amide bonds. The van der Waals surface area contributed by atoms with Crippen LogP contribution in [-0.2, 0) is 0 Å². The normalized spacial score (nSPS) is 17.0. The summed E-state index contributed by atoms with van der Waals surface area (Å²) in [7, 11) is 1.81. The number of benzene rings is 1. The average molecular weight is 222 g/mol. The van der Waals surface area contributed by atoms with Crippen LogP contribution in [0.4, 0.5) is 15.8 Å². The molecular formula is C13H19FN2. The Hall–Kier alpha value is -1.25. The molecule has 2 rings (SSSR count). The van der Waals surface area contributed by atoms with E-state index in [-0.39, 0.29) is 5.82 Å². The van der Waals surface area contributed by atoms with E-state index in [2.05, 4.69) is 10.2 Å². The molecule has 1 aliphatic heterocycles. The third-order valence-corrected chi connectivity index (χ3v) is 3.18. The van der Waals surface area contributed by atoms with Crippen LogP contribution in [0.2, 0.25) is 0 Å². The second-order valence-electron chi connectivity index (χ2n) is 4.32. The number of hydrogen-bond acceptors (Lipinski definition) is 2. The van der Waals surface area contributed by atoms with E-state index in [1.54, 1.807) is 13.1 Å². The molecule has 1 aliphatic rings. The van der Waals surface area contributed by atoms with Crippen molar-refractivity contribution in [2.75, 3.05) is 30.4 Å². The molecule has 3 heteroatoms. The van der Waals surface area contributed by atoms with Crippen molar-refractivity contribution in [2.45, 2.75) is 25.7 Å². The highest BCUT2D eigenvalue weighted by molar-refractivity contribution is 5.56. The van der Waals surface area contributed by atoms with Gasteiger partial charge in [0.2, 0.25) is 0 Å². The van der Waals surface area contributed by atoms with E-state index in [0.717, 1.165) is 24.5 Å². The van der Waals surface area contributed by atoms with E-state index in [4.69, 9.17) is 0 Å². The van der Waals surface area contributed by atoms with Gasteiger partial charge < -0.3 is 10.2 Å². The second kappa shape index (κ2) is 5.19. The van der Waals surface area contributed by atoms with Gasteiger partial charge in [-0.05, 0) is 31.0 Å². The summed E-state index contributed by atoms with van der Waals surface area (Å²) in [4.78, 5) is 2.17. The molecule has 0 saturated carbocycles. The maximum absolute atomic E-state index is 13.9. The Balaban J connectivity index is 2.18. The Morgan fingerprint density at radius 3 is 2.38 bits per heavy atom. The molecule has 0 radical (unpaired) electrons. The zero-order valence-corrected chi connectivity index (χ0v) is 9.80. The lowest BCUT2D eigenvalue weighted by atomic mass is 10.2. The number of nitrogens with zero attached hydrogens (tertiary/aromatic N) is 1. The molecule has 88 valence electrons. The minimum Gasteiger partial charge on any atom is -0.388 e. The van der Waals surface area contributed by atoms with Crippen molar-refractivity contribution in [2.24, 2.45) is 0 Å².